The summed E-state index contributed by atoms with van der Waals surface area (Å²) in [7, 11) is 0. The minimum Gasteiger partial charge on any atom is -0.224 e. The van der Waals surface area contributed by atoms with Gasteiger partial charge >= 0.3 is 0 Å². The summed E-state index contributed by atoms with van der Waals surface area (Å²) in [4.78, 5) is 8.17. The minimum atomic E-state index is -0.207. The molecular formula is C17H20N6. The quantitative estimate of drug-likeness (QED) is 0.702. The molecule has 6 nitrogen and oxygen atoms in total. The van der Waals surface area contributed by atoms with E-state index in [-0.39, 0.29) is 6.17 Å². The van der Waals surface area contributed by atoms with Gasteiger partial charge in [0.1, 0.15) is 25.3 Å². The maximum absolute atomic E-state index is 4.32. The molecule has 1 aromatic carbocycles. The van der Waals surface area contributed by atoms with Crippen molar-refractivity contribution in [1.82, 2.24) is 29.5 Å². The van der Waals surface area contributed by atoms with Crippen LogP contribution in [0.5, 0.6) is 0 Å². The third-order valence-electron chi connectivity index (χ3n) is 3.57. The lowest BCUT2D eigenvalue weighted by Crippen LogP contribution is -2.21. The van der Waals surface area contributed by atoms with Gasteiger partial charge in [-0.15, -0.1) is 0 Å². The van der Waals surface area contributed by atoms with E-state index in [4.69, 9.17) is 0 Å². The number of hydrogen-bond donors (Lipinski definition) is 0. The molecule has 0 aliphatic heterocycles. The molecule has 0 spiro atoms. The van der Waals surface area contributed by atoms with E-state index in [9.17, 15) is 0 Å². The highest BCUT2D eigenvalue weighted by Crippen LogP contribution is 2.29. The average Bonchev–Trinajstić information content (AvgIpc) is 3.26. The van der Waals surface area contributed by atoms with Crippen LogP contribution in [0, 0.1) is 5.92 Å². The molecule has 118 valence electrons. The van der Waals surface area contributed by atoms with Gasteiger partial charge in [-0.1, -0.05) is 50.3 Å². The molecule has 0 atom stereocenters. The third-order valence-corrected chi connectivity index (χ3v) is 3.57. The normalized spacial score (nSPS) is 12.3. The largest absolute Gasteiger partial charge is 0.224 e. The molecule has 3 rings (SSSR count). The van der Waals surface area contributed by atoms with Crippen molar-refractivity contribution in [3.05, 3.63) is 67.3 Å². The molecule has 0 amide bonds. The first-order valence-corrected chi connectivity index (χ1v) is 7.69. The minimum absolute atomic E-state index is 0.207. The zero-order valence-corrected chi connectivity index (χ0v) is 13.3. The van der Waals surface area contributed by atoms with Crippen molar-refractivity contribution >= 4 is 5.57 Å². The number of nitrogens with zero attached hydrogens (tertiary/aromatic N) is 6. The second-order valence-electron chi connectivity index (χ2n) is 5.78. The maximum atomic E-state index is 4.32. The molecule has 3 aromatic rings. The third kappa shape index (κ3) is 3.53. The Morgan fingerprint density at radius 1 is 1.00 bits per heavy atom. The van der Waals surface area contributed by atoms with E-state index >= 15 is 0 Å². The van der Waals surface area contributed by atoms with Crippen LogP contribution in [0.2, 0.25) is 0 Å². The van der Waals surface area contributed by atoms with Crippen molar-refractivity contribution in [2.75, 3.05) is 0 Å². The van der Waals surface area contributed by atoms with Crippen molar-refractivity contribution in [2.24, 2.45) is 5.92 Å². The van der Waals surface area contributed by atoms with Crippen LogP contribution in [0.4, 0.5) is 0 Å². The van der Waals surface area contributed by atoms with Crippen molar-refractivity contribution in [1.29, 1.82) is 0 Å². The van der Waals surface area contributed by atoms with Gasteiger partial charge < -0.3 is 0 Å². The van der Waals surface area contributed by atoms with Crippen LogP contribution in [0.1, 0.15) is 32.0 Å². The van der Waals surface area contributed by atoms with Crippen molar-refractivity contribution in [2.45, 2.75) is 26.4 Å². The van der Waals surface area contributed by atoms with Crippen LogP contribution in [-0.2, 0) is 0 Å². The molecular weight excluding hydrogens is 288 g/mol. The summed E-state index contributed by atoms with van der Waals surface area (Å²) >= 11 is 0. The summed E-state index contributed by atoms with van der Waals surface area (Å²) in [5.41, 5.74) is 2.28. The lowest BCUT2D eigenvalue weighted by molar-refractivity contribution is 0.440. The van der Waals surface area contributed by atoms with E-state index in [1.807, 2.05) is 18.2 Å². The van der Waals surface area contributed by atoms with Crippen LogP contribution in [0.15, 0.2) is 61.7 Å². The van der Waals surface area contributed by atoms with Gasteiger partial charge in [0.15, 0.2) is 6.17 Å². The molecule has 0 aliphatic rings. The zero-order chi connectivity index (χ0) is 16.1. The predicted molar refractivity (Wildman–Crippen MR) is 88.4 cm³/mol. The molecule has 0 aliphatic carbocycles. The molecule has 0 radical (unpaired) electrons. The van der Waals surface area contributed by atoms with Gasteiger partial charge in [0, 0.05) is 5.57 Å². The second-order valence-corrected chi connectivity index (χ2v) is 5.78. The molecule has 0 saturated carbocycles. The second kappa shape index (κ2) is 7.00. The van der Waals surface area contributed by atoms with E-state index in [2.05, 4.69) is 52.2 Å². The van der Waals surface area contributed by atoms with E-state index in [1.165, 1.54) is 12.7 Å². The number of rotatable bonds is 6. The Hall–Kier alpha value is -2.76. The number of aromatic nitrogens is 6. The van der Waals surface area contributed by atoms with Gasteiger partial charge in [-0.2, -0.15) is 10.2 Å². The van der Waals surface area contributed by atoms with Gasteiger partial charge in [-0.05, 0) is 17.9 Å². The molecule has 0 bridgehead atoms. The molecule has 0 unspecified atom stereocenters. The highest BCUT2D eigenvalue weighted by Gasteiger charge is 2.21. The fourth-order valence-corrected chi connectivity index (χ4v) is 2.46. The lowest BCUT2D eigenvalue weighted by Gasteiger charge is -2.21. The van der Waals surface area contributed by atoms with Gasteiger partial charge in [-0.3, -0.25) is 0 Å². The Balaban J connectivity index is 2.10. The molecule has 23 heavy (non-hydrogen) atoms. The zero-order valence-electron chi connectivity index (χ0n) is 13.3. The van der Waals surface area contributed by atoms with Gasteiger partial charge in [0.2, 0.25) is 0 Å². The van der Waals surface area contributed by atoms with E-state index in [0.717, 1.165) is 17.6 Å². The van der Waals surface area contributed by atoms with E-state index in [0.29, 0.717) is 5.92 Å². The van der Waals surface area contributed by atoms with E-state index < -0.39 is 0 Å². The first-order valence-electron chi connectivity index (χ1n) is 7.69. The number of hydrogen-bond acceptors (Lipinski definition) is 4. The predicted octanol–water partition coefficient (Wildman–Crippen LogP) is 3.05. The van der Waals surface area contributed by atoms with Crippen LogP contribution < -0.4 is 0 Å². The Labute approximate surface area is 135 Å². The lowest BCUT2D eigenvalue weighted by atomic mass is 9.99. The SMILES string of the molecule is CC(C)C/C=C(\c1ccccc1)C(n1cncn1)n1cncn1. The van der Waals surface area contributed by atoms with Gasteiger partial charge in [0.05, 0.1) is 0 Å². The molecule has 6 heteroatoms. The van der Waals surface area contributed by atoms with Crippen molar-refractivity contribution in [3.63, 3.8) is 0 Å². The molecule has 0 saturated heterocycles. The molecule has 2 aromatic heterocycles. The Bertz CT molecular complexity index is 695. The van der Waals surface area contributed by atoms with Crippen LogP contribution in [0.3, 0.4) is 0 Å². The maximum Gasteiger partial charge on any atom is 0.172 e. The Kier molecular flexibility index (Phi) is 4.61. The summed E-state index contributed by atoms with van der Waals surface area (Å²) < 4.78 is 3.60. The van der Waals surface area contributed by atoms with Crippen LogP contribution >= 0.6 is 0 Å². The Morgan fingerprint density at radius 2 is 1.61 bits per heavy atom. The van der Waals surface area contributed by atoms with Crippen molar-refractivity contribution < 1.29 is 0 Å². The molecule has 0 fully saturated rings. The monoisotopic (exact) mass is 308 g/mol. The van der Waals surface area contributed by atoms with Gasteiger partial charge in [0.25, 0.3) is 0 Å². The topological polar surface area (TPSA) is 61.4 Å². The first-order chi connectivity index (χ1) is 11.3. The summed E-state index contributed by atoms with van der Waals surface area (Å²) in [5, 5.41) is 8.64. The van der Waals surface area contributed by atoms with Crippen molar-refractivity contribution in [3.8, 4) is 0 Å². The van der Waals surface area contributed by atoms with Crippen LogP contribution in [-0.4, -0.2) is 29.5 Å². The fraction of sp³-hybridized carbons (Fsp3) is 0.294. The highest BCUT2D eigenvalue weighted by atomic mass is 15.5. The number of benzene rings is 1. The van der Waals surface area contributed by atoms with Crippen LogP contribution in [0.25, 0.3) is 5.57 Å². The standard InChI is InChI=1S/C17H20N6/c1-14(2)8-9-16(15-6-4-3-5-7-15)17(22-12-18-10-20-22)23-13-19-11-21-23/h3-7,9-14,17H,8H2,1-2H3/b16-9+. The Morgan fingerprint density at radius 3 is 2.09 bits per heavy atom. The number of allylic oxidation sites excluding steroid dienone is 2. The summed E-state index contributed by atoms with van der Waals surface area (Å²) in [5.74, 6) is 0.570. The van der Waals surface area contributed by atoms with Gasteiger partial charge in [-0.25, -0.2) is 19.3 Å². The smallest absolute Gasteiger partial charge is 0.172 e. The van der Waals surface area contributed by atoms with E-state index in [1.54, 1.807) is 22.0 Å². The fourth-order valence-electron chi connectivity index (χ4n) is 2.46. The summed E-state index contributed by atoms with van der Waals surface area (Å²) in [6.07, 6.45) is 9.51. The highest BCUT2D eigenvalue weighted by molar-refractivity contribution is 5.68. The average molecular weight is 308 g/mol. The summed E-state index contributed by atoms with van der Waals surface area (Å²) in [6.45, 7) is 4.41. The molecule has 2 heterocycles. The molecule has 0 N–H and O–H groups in total. The first kappa shape index (κ1) is 15.1. The summed E-state index contributed by atoms with van der Waals surface area (Å²) in [6, 6.07) is 10.3.